The minimum absolute atomic E-state index is 0.392. The van der Waals surface area contributed by atoms with Crippen LogP contribution in [0.25, 0.3) is 0 Å². The Kier molecular flexibility index (Phi) is 3.78. The summed E-state index contributed by atoms with van der Waals surface area (Å²) in [6, 6.07) is 4.14. The Hall–Kier alpha value is -1.26. The van der Waals surface area contributed by atoms with Gasteiger partial charge in [-0.1, -0.05) is 0 Å². The summed E-state index contributed by atoms with van der Waals surface area (Å²) in [7, 11) is 3.28. The molecule has 0 fully saturated rings. The standard InChI is InChI=1S/C14H21NO3/c1-9(2)15-7-10-12(17-3)5-6-13(18-4)14(10)11(16)8-15/h5-6,9,11,16H,7-8H2,1-4H3/t11-/m1/s1. The average molecular weight is 251 g/mol. The lowest BCUT2D eigenvalue weighted by atomic mass is 9.94. The number of fused-ring (bicyclic) bond motifs is 1. The summed E-state index contributed by atoms with van der Waals surface area (Å²) in [5, 5.41) is 10.3. The Balaban J connectivity index is 2.49. The average Bonchev–Trinajstić information content (AvgIpc) is 2.37. The fourth-order valence-corrected chi connectivity index (χ4v) is 2.50. The van der Waals surface area contributed by atoms with Crippen LogP contribution in [0, 0.1) is 0 Å². The van der Waals surface area contributed by atoms with E-state index in [1.165, 1.54) is 0 Å². The molecule has 1 aromatic carbocycles. The highest BCUT2D eigenvalue weighted by atomic mass is 16.5. The number of benzene rings is 1. The summed E-state index contributed by atoms with van der Waals surface area (Å²) >= 11 is 0. The van der Waals surface area contributed by atoms with Crippen molar-refractivity contribution in [2.24, 2.45) is 0 Å². The Morgan fingerprint density at radius 2 is 1.83 bits per heavy atom. The fraction of sp³-hybridized carbons (Fsp3) is 0.571. The highest BCUT2D eigenvalue weighted by Crippen LogP contribution is 2.39. The summed E-state index contributed by atoms with van der Waals surface area (Å²) < 4.78 is 10.7. The van der Waals surface area contributed by atoms with E-state index in [9.17, 15) is 5.11 Å². The van der Waals surface area contributed by atoms with E-state index in [2.05, 4.69) is 18.7 Å². The van der Waals surface area contributed by atoms with Gasteiger partial charge in [0.05, 0.1) is 20.3 Å². The maximum atomic E-state index is 10.3. The van der Waals surface area contributed by atoms with Crippen LogP contribution in [-0.4, -0.2) is 36.8 Å². The number of hydrogen-bond donors (Lipinski definition) is 1. The van der Waals surface area contributed by atoms with Crippen LogP contribution < -0.4 is 9.47 Å². The predicted octanol–water partition coefficient (Wildman–Crippen LogP) is 1.96. The largest absolute Gasteiger partial charge is 0.496 e. The van der Waals surface area contributed by atoms with Crippen molar-refractivity contribution in [2.75, 3.05) is 20.8 Å². The first-order valence-corrected chi connectivity index (χ1v) is 6.24. The van der Waals surface area contributed by atoms with Gasteiger partial charge in [0, 0.05) is 30.3 Å². The maximum Gasteiger partial charge on any atom is 0.125 e. The van der Waals surface area contributed by atoms with E-state index in [1.807, 2.05) is 12.1 Å². The van der Waals surface area contributed by atoms with E-state index in [4.69, 9.17) is 9.47 Å². The van der Waals surface area contributed by atoms with Gasteiger partial charge in [-0.2, -0.15) is 0 Å². The summed E-state index contributed by atoms with van der Waals surface area (Å²) in [4.78, 5) is 2.23. The summed E-state index contributed by atoms with van der Waals surface area (Å²) in [6.07, 6.45) is -0.527. The Bertz CT molecular complexity index is 431. The quantitative estimate of drug-likeness (QED) is 0.891. The van der Waals surface area contributed by atoms with Crippen LogP contribution in [0.2, 0.25) is 0 Å². The molecular weight excluding hydrogens is 230 g/mol. The van der Waals surface area contributed by atoms with E-state index in [1.54, 1.807) is 14.2 Å². The highest BCUT2D eigenvalue weighted by molar-refractivity contribution is 5.51. The van der Waals surface area contributed by atoms with Gasteiger partial charge < -0.3 is 14.6 Å². The molecule has 1 N–H and O–H groups in total. The molecule has 1 aliphatic heterocycles. The molecule has 0 bridgehead atoms. The second kappa shape index (κ2) is 5.16. The third-order valence-electron chi connectivity index (χ3n) is 3.55. The maximum absolute atomic E-state index is 10.3. The third-order valence-corrected chi connectivity index (χ3v) is 3.55. The first-order valence-electron chi connectivity index (χ1n) is 6.24. The van der Waals surface area contributed by atoms with E-state index < -0.39 is 6.10 Å². The van der Waals surface area contributed by atoms with Gasteiger partial charge in [-0.15, -0.1) is 0 Å². The van der Waals surface area contributed by atoms with Crippen LogP contribution >= 0.6 is 0 Å². The molecule has 0 spiro atoms. The van der Waals surface area contributed by atoms with Gasteiger partial charge in [0.25, 0.3) is 0 Å². The number of ether oxygens (including phenoxy) is 2. The number of β-amino-alcohol motifs (C(OH)–C–C–N with tert-alkyl or cyclic N) is 1. The van der Waals surface area contributed by atoms with Crippen molar-refractivity contribution >= 4 is 0 Å². The van der Waals surface area contributed by atoms with Crippen LogP contribution in [0.15, 0.2) is 12.1 Å². The molecule has 0 aliphatic carbocycles. The fourth-order valence-electron chi connectivity index (χ4n) is 2.50. The van der Waals surface area contributed by atoms with Gasteiger partial charge >= 0.3 is 0 Å². The molecule has 1 atom stereocenters. The topological polar surface area (TPSA) is 41.9 Å². The molecule has 0 saturated carbocycles. The zero-order chi connectivity index (χ0) is 13.3. The number of nitrogens with zero attached hydrogens (tertiary/aromatic N) is 1. The molecule has 0 amide bonds. The Morgan fingerprint density at radius 3 is 2.39 bits per heavy atom. The van der Waals surface area contributed by atoms with Crippen molar-refractivity contribution in [1.29, 1.82) is 0 Å². The molecular formula is C14H21NO3. The van der Waals surface area contributed by atoms with Gasteiger partial charge in [0.15, 0.2) is 0 Å². The number of methoxy groups -OCH3 is 2. The zero-order valence-electron chi connectivity index (χ0n) is 11.4. The van der Waals surface area contributed by atoms with Gasteiger partial charge in [0.2, 0.25) is 0 Å². The van der Waals surface area contributed by atoms with E-state index in [-0.39, 0.29) is 0 Å². The van der Waals surface area contributed by atoms with Gasteiger partial charge in [-0.25, -0.2) is 0 Å². The molecule has 18 heavy (non-hydrogen) atoms. The third kappa shape index (κ3) is 2.18. The molecule has 4 nitrogen and oxygen atoms in total. The number of aliphatic hydroxyl groups excluding tert-OH is 1. The lowest BCUT2D eigenvalue weighted by Gasteiger charge is -2.36. The molecule has 2 rings (SSSR count). The summed E-state index contributed by atoms with van der Waals surface area (Å²) in [6.45, 7) is 5.67. The van der Waals surface area contributed by atoms with E-state index in [0.29, 0.717) is 12.6 Å². The predicted molar refractivity (Wildman–Crippen MR) is 70.1 cm³/mol. The summed E-state index contributed by atoms with van der Waals surface area (Å²) in [5.74, 6) is 1.55. The number of aliphatic hydroxyl groups is 1. The molecule has 100 valence electrons. The van der Waals surface area contributed by atoms with Crippen molar-refractivity contribution in [3.63, 3.8) is 0 Å². The SMILES string of the molecule is COc1ccc(OC)c2c1CN(C(C)C)C[C@H]2O. The molecule has 1 aromatic rings. The monoisotopic (exact) mass is 251 g/mol. The zero-order valence-corrected chi connectivity index (χ0v) is 11.4. The van der Waals surface area contributed by atoms with Crippen molar-refractivity contribution in [3.05, 3.63) is 23.3 Å². The lowest BCUT2D eigenvalue weighted by Crippen LogP contribution is -2.38. The van der Waals surface area contributed by atoms with E-state index in [0.717, 1.165) is 29.2 Å². The minimum Gasteiger partial charge on any atom is -0.496 e. The normalized spacial score (nSPS) is 19.8. The summed E-state index contributed by atoms with van der Waals surface area (Å²) in [5.41, 5.74) is 1.90. The van der Waals surface area contributed by atoms with E-state index >= 15 is 0 Å². The molecule has 1 aliphatic rings. The number of rotatable bonds is 3. The Morgan fingerprint density at radius 1 is 1.22 bits per heavy atom. The van der Waals surface area contributed by atoms with Crippen LogP contribution in [0.5, 0.6) is 11.5 Å². The molecule has 0 radical (unpaired) electrons. The molecule has 1 heterocycles. The Labute approximate surface area is 108 Å². The van der Waals surface area contributed by atoms with Crippen LogP contribution in [0.3, 0.4) is 0 Å². The molecule has 4 heteroatoms. The van der Waals surface area contributed by atoms with Crippen molar-refractivity contribution in [1.82, 2.24) is 4.90 Å². The van der Waals surface area contributed by atoms with Crippen LogP contribution in [0.1, 0.15) is 31.1 Å². The van der Waals surface area contributed by atoms with Crippen LogP contribution in [-0.2, 0) is 6.54 Å². The van der Waals surface area contributed by atoms with Crippen LogP contribution in [0.4, 0.5) is 0 Å². The molecule has 0 unspecified atom stereocenters. The van der Waals surface area contributed by atoms with Crippen molar-refractivity contribution < 1.29 is 14.6 Å². The van der Waals surface area contributed by atoms with Gasteiger partial charge in [-0.05, 0) is 26.0 Å². The van der Waals surface area contributed by atoms with Crippen molar-refractivity contribution in [2.45, 2.75) is 32.5 Å². The lowest BCUT2D eigenvalue weighted by molar-refractivity contribution is 0.0709. The second-order valence-corrected chi connectivity index (χ2v) is 4.90. The first-order chi connectivity index (χ1) is 8.58. The second-order valence-electron chi connectivity index (χ2n) is 4.90. The molecule has 0 saturated heterocycles. The van der Waals surface area contributed by atoms with Crippen molar-refractivity contribution in [3.8, 4) is 11.5 Å². The minimum atomic E-state index is -0.527. The first kappa shape index (κ1) is 13.2. The van der Waals surface area contributed by atoms with Gasteiger partial charge in [0.1, 0.15) is 11.5 Å². The van der Waals surface area contributed by atoms with Gasteiger partial charge in [-0.3, -0.25) is 4.90 Å². The highest BCUT2D eigenvalue weighted by Gasteiger charge is 2.30. The smallest absolute Gasteiger partial charge is 0.125 e. The molecule has 0 aromatic heterocycles. The number of hydrogen-bond acceptors (Lipinski definition) is 4.